The standard InChI is InChI=1S/C23H19N3O4S2/c1-3-29-22(28)19-14(2)25-23-26(20(19)17-5-4-12-31-17)21(27)18(32-23)13-15-6-8-16(9-7-15)30-11-10-24/h4-9,12-13,20H,3,11H2,1-2H3/b18-13-/t20-/m0/s1. The second kappa shape index (κ2) is 9.34. The van der Waals surface area contributed by atoms with Gasteiger partial charge in [0.1, 0.15) is 17.9 Å². The van der Waals surface area contributed by atoms with Crippen molar-refractivity contribution in [1.82, 2.24) is 4.57 Å². The van der Waals surface area contributed by atoms with Crippen molar-refractivity contribution in [2.24, 2.45) is 4.99 Å². The lowest BCUT2D eigenvalue weighted by Crippen LogP contribution is -2.39. The summed E-state index contributed by atoms with van der Waals surface area (Å²) in [5, 5.41) is 10.5. The van der Waals surface area contributed by atoms with E-state index in [2.05, 4.69) is 4.99 Å². The Morgan fingerprint density at radius 2 is 2.09 bits per heavy atom. The van der Waals surface area contributed by atoms with Gasteiger partial charge in [0.25, 0.3) is 5.56 Å². The van der Waals surface area contributed by atoms with Crippen molar-refractivity contribution < 1.29 is 14.3 Å². The van der Waals surface area contributed by atoms with Crippen molar-refractivity contribution in [2.45, 2.75) is 19.9 Å². The van der Waals surface area contributed by atoms with E-state index in [0.29, 0.717) is 26.4 Å². The van der Waals surface area contributed by atoms with Gasteiger partial charge in [-0.1, -0.05) is 29.5 Å². The highest BCUT2D eigenvalue weighted by Gasteiger charge is 2.33. The molecule has 1 atom stereocenters. The third-order valence-corrected chi connectivity index (χ3v) is 6.72. The van der Waals surface area contributed by atoms with Crippen molar-refractivity contribution in [2.75, 3.05) is 13.2 Å². The van der Waals surface area contributed by atoms with Crippen LogP contribution < -0.4 is 19.6 Å². The van der Waals surface area contributed by atoms with Crippen LogP contribution in [0.3, 0.4) is 0 Å². The average Bonchev–Trinajstić information content (AvgIpc) is 3.41. The number of fused-ring (bicyclic) bond motifs is 1. The minimum Gasteiger partial charge on any atom is -0.479 e. The van der Waals surface area contributed by atoms with Crippen LogP contribution in [-0.4, -0.2) is 23.8 Å². The summed E-state index contributed by atoms with van der Waals surface area (Å²) in [6.45, 7) is 3.73. The van der Waals surface area contributed by atoms with Crippen LogP contribution >= 0.6 is 22.7 Å². The zero-order valence-electron chi connectivity index (χ0n) is 17.4. The molecule has 1 aliphatic rings. The molecule has 1 aliphatic heterocycles. The quantitative estimate of drug-likeness (QED) is 0.522. The molecule has 0 fully saturated rings. The Labute approximate surface area is 191 Å². The van der Waals surface area contributed by atoms with Gasteiger partial charge in [0.05, 0.1) is 22.4 Å². The highest BCUT2D eigenvalue weighted by atomic mass is 32.1. The molecule has 0 amide bonds. The van der Waals surface area contributed by atoms with Gasteiger partial charge >= 0.3 is 5.97 Å². The molecule has 0 spiro atoms. The predicted molar refractivity (Wildman–Crippen MR) is 122 cm³/mol. The number of ether oxygens (including phenoxy) is 2. The van der Waals surface area contributed by atoms with Gasteiger partial charge in [0.15, 0.2) is 11.4 Å². The van der Waals surface area contributed by atoms with Gasteiger partial charge in [0, 0.05) is 4.88 Å². The largest absolute Gasteiger partial charge is 0.479 e. The molecule has 0 saturated heterocycles. The van der Waals surface area contributed by atoms with Crippen LogP contribution in [0.25, 0.3) is 6.08 Å². The van der Waals surface area contributed by atoms with Crippen LogP contribution in [0.4, 0.5) is 0 Å². The van der Waals surface area contributed by atoms with Crippen molar-refractivity contribution in [3.63, 3.8) is 0 Å². The van der Waals surface area contributed by atoms with Crippen molar-refractivity contribution >= 4 is 34.7 Å². The Hall–Kier alpha value is -3.48. The Kier molecular flexibility index (Phi) is 6.35. The number of allylic oxidation sites excluding steroid dienone is 1. The van der Waals surface area contributed by atoms with Crippen molar-refractivity contribution in [3.05, 3.63) is 83.2 Å². The maximum absolute atomic E-state index is 13.4. The van der Waals surface area contributed by atoms with E-state index in [1.54, 1.807) is 36.6 Å². The van der Waals surface area contributed by atoms with Crippen LogP contribution in [0, 0.1) is 11.3 Å². The third-order valence-electron chi connectivity index (χ3n) is 4.81. The van der Waals surface area contributed by atoms with Crippen LogP contribution in [0.15, 0.2) is 62.8 Å². The number of hydrogen-bond acceptors (Lipinski definition) is 8. The summed E-state index contributed by atoms with van der Waals surface area (Å²) in [5.41, 5.74) is 1.53. The number of thiophene rings is 1. The average molecular weight is 466 g/mol. The molecule has 3 heterocycles. The van der Waals surface area contributed by atoms with Gasteiger partial charge in [-0.3, -0.25) is 9.36 Å². The van der Waals surface area contributed by atoms with Crippen LogP contribution in [0.1, 0.15) is 30.3 Å². The first-order valence-electron chi connectivity index (χ1n) is 9.86. The fourth-order valence-corrected chi connectivity index (χ4v) is 5.30. The van der Waals surface area contributed by atoms with Crippen molar-refractivity contribution in [3.8, 4) is 11.8 Å². The van der Waals surface area contributed by atoms with E-state index in [1.165, 1.54) is 22.7 Å². The highest BCUT2D eigenvalue weighted by Crippen LogP contribution is 2.33. The lowest BCUT2D eigenvalue weighted by Gasteiger charge is -2.23. The molecular weight excluding hydrogens is 446 g/mol. The van der Waals surface area contributed by atoms with Gasteiger partial charge in [0.2, 0.25) is 0 Å². The summed E-state index contributed by atoms with van der Waals surface area (Å²) in [5.74, 6) is 0.118. The third kappa shape index (κ3) is 4.15. The highest BCUT2D eigenvalue weighted by molar-refractivity contribution is 7.10. The van der Waals surface area contributed by atoms with E-state index in [4.69, 9.17) is 14.7 Å². The maximum atomic E-state index is 13.4. The number of thiazole rings is 1. The fraction of sp³-hybridized carbons (Fsp3) is 0.217. The first-order valence-corrected chi connectivity index (χ1v) is 11.6. The summed E-state index contributed by atoms with van der Waals surface area (Å²) in [4.78, 5) is 32.1. The van der Waals surface area contributed by atoms with E-state index < -0.39 is 12.0 Å². The number of carbonyl (C=O) groups is 1. The van der Waals surface area contributed by atoms with Gasteiger partial charge in [-0.25, -0.2) is 9.79 Å². The molecule has 0 bridgehead atoms. The number of hydrogen-bond donors (Lipinski definition) is 0. The normalized spacial score (nSPS) is 15.7. The smallest absolute Gasteiger partial charge is 0.338 e. The molecule has 3 aromatic rings. The van der Waals surface area contributed by atoms with Crippen LogP contribution in [0.2, 0.25) is 0 Å². The molecule has 162 valence electrons. The van der Waals surface area contributed by atoms with Gasteiger partial charge in [-0.2, -0.15) is 5.26 Å². The van der Waals surface area contributed by atoms with E-state index in [0.717, 1.165) is 10.4 Å². The Morgan fingerprint density at radius 1 is 1.31 bits per heavy atom. The number of rotatable bonds is 6. The lowest BCUT2D eigenvalue weighted by molar-refractivity contribution is -0.139. The molecule has 1 aromatic carbocycles. The Morgan fingerprint density at radius 3 is 2.75 bits per heavy atom. The molecule has 7 nitrogen and oxygen atoms in total. The molecule has 0 unspecified atom stereocenters. The molecule has 0 N–H and O–H groups in total. The summed E-state index contributed by atoms with van der Waals surface area (Å²) in [7, 11) is 0. The minimum atomic E-state index is -0.575. The molecule has 2 aromatic heterocycles. The molecule has 9 heteroatoms. The summed E-state index contributed by atoms with van der Waals surface area (Å²) < 4.78 is 12.6. The topological polar surface area (TPSA) is 93.7 Å². The molecule has 0 saturated carbocycles. The van der Waals surface area contributed by atoms with Gasteiger partial charge < -0.3 is 9.47 Å². The maximum Gasteiger partial charge on any atom is 0.338 e. The summed E-state index contributed by atoms with van der Waals surface area (Å²) >= 11 is 2.76. The number of nitrogens with zero attached hydrogens (tertiary/aromatic N) is 3. The van der Waals surface area contributed by atoms with Crippen molar-refractivity contribution in [1.29, 1.82) is 5.26 Å². The number of aromatic nitrogens is 1. The molecule has 4 rings (SSSR count). The molecule has 0 radical (unpaired) electrons. The monoisotopic (exact) mass is 465 g/mol. The number of carbonyl (C=O) groups excluding carboxylic acids is 1. The van der Waals surface area contributed by atoms with E-state index in [9.17, 15) is 9.59 Å². The van der Waals surface area contributed by atoms with E-state index in [1.807, 2.05) is 35.7 Å². The van der Waals surface area contributed by atoms with E-state index >= 15 is 0 Å². The van der Waals surface area contributed by atoms with Gasteiger partial charge in [-0.05, 0) is 49.1 Å². The number of esters is 1. The summed E-state index contributed by atoms with van der Waals surface area (Å²) in [6.07, 6.45) is 1.78. The minimum absolute atomic E-state index is 0.0250. The second-order valence-electron chi connectivity index (χ2n) is 6.83. The first kappa shape index (κ1) is 21.7. The molecule has 0 aliphatic carbocycles. The molecule has 32 heavy (non-hydrogen) atoms. The van der Waals surface area contributed by atoms with Gasteiger partial charge in [-0.15, -0.1) is 11.3 Å². The number of nitriles is 1. The van der Waals surface area contributed by atoms with Crippen LogP contribution in [-0.2, 0) is 9.53 Å². The zero-order chi connectivity index (χ0) is 22.7. The predicted octanol–water partition coefficient (Wildman–Crippen LogP) is 2.76. The zero-order valence-corrected chi connectivity index (χ0v) is 19.0. The fourth-order valence-electron chi connectivity index (χ4n) is 3.43. The Balaban J connectivity index is 1.82. The lowest BCUT2D eigenvalue weighted by atomic mass is 10.0. The summed E-state index contributed by atoms with van der Waals surface area (Å²) in [6, 6.07) is 12.3. The number of benzene rings is 1. The van der Waals surface area contributed by atoms with Crippen LogP contribution in [0.5, 0.6) is 5.75 Å². The first-order chi connectivity index (χ1) is 15.5. The second-order valence-corrected chi connectivity index (χ2v) is 8.82. The SMILES string of the molecule is CCOC(=O)C1=C(C)N=c2s/c(=C\c3ccc(OCC#N)cc3)c(=O)n2[C@H]1c1cccs1. The van der Waals surface area contributed by atoms with E-state index in [-0.39, 0.29) is 18.8 Å². The molecular formula is C23H19N3O4S2. The Bertz CT molecular complexity index is 1390.